The molecule has 1 N–H and O–H groups in total. The Kier molecular flexibility index (Phi) is 4.71. The lowest BCUT2D eigenvalue weighted by Gasteiger charge is -2.12. The number of carbonyl (C=O) groups excluding carboxylic acids is 1. The van der Waals surface area contributed by atoms with E-state index in [2.05, 4.69) is 9.57 Å². The van der Waals surface area contributed by atoms with Crippen LogP contribution in [0.15, 0.2) is 0 Å². The van der Waals surface area contributed by atoms with Gasteiger partial charge in [-0.3, -0.25) is 9.63 Å². The summed E-state index contributed by atoms with van der Waals surface area (Å²) in [7, 11) is 1.13. The molecule has 0 saturated carbocycles. The Hall–Kier alpha value is -0.820. The lowest BCUT2D eigenvalue weighted by molar-refractivity contribution is -0.195. The third-order valence-corrected chi connectivity index (χ3v) is 1.05. The third kappa shape index (κ3) is 6.35. The number of hydrogen-bond acceptors (Lipinski definition) is 4. The predicted molar refractivity (Wildman–Crippen MR) is 36.6 cm³/mol. The van der Waals surface area contributed by atoms with E-state index in [-0.39, 0.29) is 0 Å². The molecule has 0 fully saturated rings. The molecule has 0 aromatic rings. The smallest absolute Gasteiger partial charge is 0.413 e. The molecule has 7 heteroatoms. The van der Waals surface area contributed by atoms with Gasteiger partial charge in [-0.1, -0.05) is 0 Å². The molecule has 0 amide bonds. The number of esters is 1. The zero-order valence-corrected chi connectivity index (χ0v) is 7.14. The van der Waals surface area contributed by atoms with Crippen LogP contribution in [-0.2, 0) is 14.4 Å². The highest BCUT2D eigenvalue weighted by Gasteiger charge is 2.28. The van der Waals surface area contributed by atoms with Crippen LogP contribution in [0.2, 0.25) is 0 Å². The van der Waals surface area contributed by atoms with Crippen molar-refractivity contribution in [2.75, 3.05) is 13.7 Å². The van der Waals surface area contributed by atoms with Crippen molar-refractivity contribution in [1.29, 1.82) is 0 Å². The molecule has 4 nitrogen and oxygen atoms in total. The van der Waals surface area contributed by atoms with Crippen LogP contribution in [0.1, 0.15) is 6.92 Å². The quantitative estimate of drug-likeness (QED) is 0.535. The largest absolute Gasteiger partial charge is 0.468 e. The molecule has 0 aliphatic carbocycles. The first-order chi connectivity index (χ1) is 5.87. The Labute approximate surface area is 73.0 Å². The Morgan fingerprint density at radius 3 is 2.46 bits per heavy atom. The highest BCUT2D eigenvalue weighted by molar-refractivity contribution is 5.74. The number of hydrogen-bond donors (Lipinski definition) is 1. The predicted octanol–water partition coefficient (Wildman–Crippen LogP) is 0.631. The van der Waals surface area contributed by atoms with Crippen molar-refractivity contribution in [2.45, 2.75) is 19.1 Å². The first-order valence-electron chi connectivity index (χ1n) is 3.38. The molecule has 78 valence electrons. The summed E-state index contributed by atoms with van der Waals surface area (Å²) >= 11 is 0. The minimum absolute atomic E-state index is 0.692. The number of ether oxygens (including phenoxy) is 1. The van der Waals surface area contributed by atoms with Crippen molar-refractivity contribution >= 4 is 5.97 Å². The monoisotopic (exact) mass is 201 g/mol. The minimum atomic E-state index is -4.41. The molecule has 1 atom stereocenters. The van der Waals surface area contributed by atoms with E-state index < -0.39 is 24.8 Å². The Morgan fingerprint density at radius 1 is 1.54 bits per heavy atom. The zero-order valence-electron chi connectivity index (χ0n) is 7.14. The number of carbonyl (C=O) groups is 1. The first kappa shape index (κ1) is 12.2. The van der Waals surface area contributed by atoms with Crippen LogP contribution in [0, 0.1) is 0 Å². The molecule has 0 rings (SSSR count). The lowest BCUT2D eigenvalue weighted by Crippen LogP contribution is -2.37. The van der Waals surface area contributed by atoms with Crippen LogP contribution in [-0.4, -0.2) is 31.9 Å². The second kappa shape index (κ2) is 5.03. The molecule has 0 saturated heterocycles. The highest BCUT2D eigenvalue weighted by Crippen LogP contribution is 2.13. The van der Waals surface area contributed by atoms with Gasteiger partial charge in [0, 0.05) is 0 Å². The molecular formula is C6H10F3NO3. The fraction of sp³-hybridized carbons (Fsp3) is 0.833. The summed E-state index contributed by atoms with van der Waals surface area (Å²) in [5.74, 6) is -0.692. The molecule has 0 bridgehead atoms. The second-order valence-corrected chi connectivity index (χ2v) is 2.27. The van der Waals surface area contributed by atoms with Crippen molar-refractivity contribution in [3.63, 3.8) is 0 Å². The maximum Gasteiger partial charge on any atom is 0.413 e. The van der Waals surface area contributed by atoms with Gasteiger partial charge in [0.25, 0.3) is 0 Å². The molecule has 1 unspecified atom stereocenters. The summed E-state index contributed by atoms with van der Waals surface area (Å²) in [6, 6.07) is -0.924. The topological polar surface area (TPSA) is 47.6 Å². The fourth-order valence-corrected chi connectivity index (χ4v) is 0.473. The van der Waals surface area contributed by atoms with Crippen molar-refractivity contribution in [3.8, 4) is 0 Å². The molecule has 0 spiro atoms. The van der Waals surface area contributed by atoms with E-state index >= 15 is 0 Å². The highest BCUT2D eigenvalue weighted by atomic mass is 19.4. The van der Waals surface area contributed by atoms with Crippen molar-refractivity contribution < 1.29 is 27.5 Å². The molecule has 0 heterocycles. The van der Waals surface area contributed by atoms with Gasteiger partial charge >= 0.3 is 12.1 Å². The van der Waals surface area contributed by atoms with Crippen molar-refractivity contribution in [1.82, 2.24) is 5.48 Å². The van der Waals surface area contributed by atoms with Crippen LogP contribution in [0.25, 0.3) is 0 Å². The van der Waals surface area contributed by atoms with Crippen LogP contribution in [0.5, 0.6) is 0 Å². The first-order valence-corrected chi connectivity index (χ1v) is 3.38. The summed E-state index contributed by atoms with van der Waals surface area (Å²) < 4.78 is 38.8. The SMILES string of the molecule is COC(=O)C(C)NOCC(F)(F)F. The van der Waals surface area contributed by atoms with Crippen LogP contribution in [0.3, 0.4) is 0 Å². The van der Waals surface area contributed by atoms with E-state index in [9.17, 15) is 18.0 Å². The third-order valence-electron chi connectivity index (χ3n) is 1.05. The number of rotatable bonds is 4. The molecule has 0 radical (unpaired) electrons. The fourth-order valence-electron chi connectivity index (χ4n) is 0.473. The van der Waals surface area contributed by atoms with Gasteiger partial charge in [-0.2, -0.15) is 18.7 Å². The van der Waals surface area contributed by atoms with E-state index in [0.29, 0.717) is 0 Å². The number of methoxy groups -OCH3 is 1. The van der Waals surface area contributed by atoms with Gasteiger partial charge in [-0.15, -0.1) is 0 Å². The van der Waals surface area contributed by atoms with Gasteiger partial charge in [0.15, 0.2) is 6.61 Å². The zero-order chi connectivity index (χ0) is 10.5. The number of alkyl halides is 3. The molecule has 0 aliphatic heterocycles. The maximum atomic E-state index is 11.5. The number of halogens is 3. The van der Waals surface area contributed by atoms with E-state index in [0.717, 1.165) is 7.11 Å². The van der Waals surface area contributed by atoms with Crippen molar-refractivity contribution in [2.24, 2.45) is 0 Å². The summed E-state index contributed by atoms with van der Waals surface area (Å²) in [6.45, 7) is -0.128. The maximum absolute atomic E-state index is 11.5. The van der Waals surface area contributed by atoms with E-state index in [1.165, 1.54) is 6.92 Å². The molecule has 13 heavy (non-hydrogen) atoms. The molecule has 0 aliphatic rings. The van der Waals surface area contributed by atoms with E-state index in [1.54, 1.807) is 0 Å². The molecular weight excluding hydrogens is 191 g/mol. The molecule has 0 aromatic carbocycles. The van der Waals surface area contributed by atoms with E-state index in [4.69, 9.17) is 0 Å². The average Bonchev–Trinajstić information content (AvgIpc) is 2.00. The summed E-state index contributed by atoms with van der Waals surface area (Å²) in [5.41, 5.74) is 1.90. The van der Waals surface area contributed by atoms with E-state index in [1.807, 2.05) is 5.48 Å². The summed E-state index contributed by atoms with van der Waals surface area (Å²) in [5, 5.41) is 0. The van der Waals surface area contributed by atoms with Gasteiger partial charge < -0.3 is 4.74 Å². The standard InChI is InChI=1S/C6H10F3NO3/c1-4(5(11)12-2)10-13-3-6(7,8)9/h4,10H,3H2,1-2H3. The molecule has 0 aromatic heterocycles. The summed E-state index contributed by atoms with van der Waals surface area (Å²) in [6.07, 6.45) is -4.41. The Balaban J connectivity index is 3.59. The Bertz CT molecular complexity index is 171. The van der Waals surface area contributed by atoms with Gasteiger partial charge in [0.1, 0.15) is 6.04 Å². The van der Waals surface area contributed by atoms with Crippen LogP contribution in [0.4, 0.5) is 13.2 Å². The van der Waals surface area contributed by atoms with Crippen molar-refractivity contribution in [3.05, 3.63) is 0 Å². The van der Waals surface area contributed by atoms with Gasteiger partial charge in [0.2, 0.25) is 0 Å². The number of hydroxylamine groups is 1. The normalized spacial score (nSPS) is 13.9. The van der Waals surface area contributed by atoms with Gasteiger partial charge in [-0.05, 0) is 6.92 Å². The lowest BCUT2D eigenvalue weighted by atomic mass is 10.4. The summed E-state index contributed by atoms with van der Waals surface area (Å²) in [4.78, 5) is 14.6. The number of nitrogens with one attached hydrogen (secondary N) is 1. The second-order valence-electron chi connectivity index (χ2n) is 2.27. The Morgan fingerprint density at radius 2 is 2.08 bits per heavy atom. The average molecular weight is 201 g/mol. The van der Waals surface area contributed by atoms with Crippen LogP contribution < -0.4 is 5.48 Å². The van der Waals surface area contributed by atoms with Crippen LogP contribution >= 0.6 is 0 Å². The van der Waals surface area contributed by atoms with Gasteiger partial charge in [-0.25, -0.2) is 0 Å². The van der Waals surface area contributed by atoms with Gasteiger partial charge in [0.05, 0.1) is 7.11 Å². The minimum Gasteiger partial charge on any atom is -0.468 e.